The predicted octanol–water partition coefficient (Wildman–Crippen LogP) is 4.98. The Morgan fingerprint density at radius 3 is 2.56 bits per heavy atom. The van der Waals surface area contributed by atoms with Gasteiger partial charge in [-0.05, 0) is 61.6 Å². The Morgan fingerprint density at radius 2 is 1.85 bits per heavy atom. The molecule has 138 valence electrons. The first-order valence-corrected chi connectivity index (χ1v) is 9.91. The summed E-state index contributed by atoms with van der Waals surface area (Å²) in [6.45, 7) is 1.95. The topological polar surface area (TPSA) is 48.3 Å². The van der Waals surface area contributed by atoms with Crippen molar-refractivity contribution < 1.29 is 14.3 Å². The minimum atomic E-state index is -0.242. The van der Waals surface area contributed by atoms with Crippen LogP contribution in [-0.4, -0.2) is 22.5 Å². The Hall–Kier alpha value is -2.40. The summed E-state index contributed by atoms with van der Waals surface area (Å²) < 4.78 is 8.09. The highest BCUT2D eigenvalue weighted by Gasteiger charge is 2.30. The molecule has 0 amide bonds. The van der Waals surface area contributed by atoms with Crippen LogP contribution in [0.4, 0.5) is 0 Å². The third-order valence-corrected chi connectivity index (χ3v) is 5.57. The molecular formula is C22H20BrNO3. The fourth-order valence-corrected chi connectivity index (χ4v) is 3.62. The lowest BCUT2D eigenvalue weighted by Gasteiger charge is -2.11. The van der Waals surface area contributed by atoms with Crippen molar-refractivity contribution >= 4 is 38.7 Å². The zero-order valence-corrected chi connectivity index (χ0v) is 16.6. The van der Waals surface area contributed by atoms with E-state index in [9.17, 15) is 9.59 Å². The molecule has 1 fully saturated rings. The molecule has 1 heterocycles. The van der Waals surface area contributed by atoms with E-state index in [1.165, 1.54) is 0 Å². The molecule has 0 spiro atoms. The first kappa shape index (κ1) is 18.0. The maximum Gasteiger partial charge on any atom is 0.310 e. The minimum absolute atomic E-state index is 0.0322. The number of nitrogens with zero attached hydrogens (tertiary/aromatic N) is 1. The monoisotopic (exact) mass is 425 g/mol. The number of carbonyl (C=O) groups is 2. The second-order valence-corrected chi connectivity index (χ2v) is 7.98. The fourth-order valence-electron chi connectivity index (χ4n) is 3.36. The molecule has 0 bridgehead atoms. The SMILES string of the molecule is CC(OC(=O)Cc1cn(C(=O)c2ccc(Br)cc2)c2ccccc12)C1CC1. The van der Waals surface area contributed by atoms with Gasteiger partial charge in [-0.2, -0.15) is 0 Å². The summed E-state index contributed by atoms with van der Waals surface area (Å²) in [6, 6.07) is 14.9. The third kappa shape index (κ3) is 3.83. The van der Waals surface area contributed by atoms with Gasteiger partial charge in [0.25, 0.3) is 5.91 Å². The van der Waals surface area contributed by atoms with E-state index in [1.54, 1.807) is 22.9 Å². The van der Waals surface area contributed by atoms with Crippen molar-refractivity contribution in [2.75, 3.05) is 0 Å². The van der Waals surface area contributed by atoms with Crippen molar-refractivity contribution in [3.63, 3.8) is 0 Å². The Bertz CT molecular complexity index is 1000. The fraction of sp³-hybridized carbons (Fsp3) is 0.273. The number of hydrogen-bond donors (Lipinski definition) is 0. The molecule has 1 saturated carbocycles. The van der Waals surface area contributed by atoms with Crippen LogP contribution in [-0.2, 0) is 16.0 Å². The number of hydrogen-bond acceptors (Lipinski definition) is 3. The number of fused-ring (bicyclic) bond motifs is 1. The van der Waals surface area contributed by atoms with Crippen LogP contribution in [0.25, 0.3) is 10.9 Å². The standard InChI is InChI=1S/C22H20BrNO3/c1-14(15-6-7-15)27-21(25)12-17-13-24(20-5-3-2-4-19(17)20)22(26)16-8-10-18(23)11-9-16/h2-5,8-11,13-15H,6-7,12H2,1H3. The number of halogens is 1. The van der Waals surface area contributed by atoms with Gasteiger partial charge in [0.2, 0.25) is 0 Å². The van der Waals surface area contributed by atoms with E-state index < -0.39 is 0 Å². The molecule has 4 rings (SSSR count). The van der Waals surface area contributed by atoms with Crippen LogP contribution in [0.2, 0.25) is 0 Å². The second kappa shape index (κ2) is 7.31. The van der Waals surface area contributed by atoms with Crippen LogP contribution in [0, 0.1) is 5.92 Å². The number of para-hydroxylation sites is 1. The van der Waals surface area contributed by atoms with Gasteiger partial charge >= 0.3 is 5.97 Å². The highest BCUT2D eigenvalue weighted by Crippen LogP contribution is 2.34. The molecule has 4 nitrogen and oxygen atoms in total. The summed E-state index contributed by atoms with van der Waals surface area (Å²) in [7, 11) is 0. The molecule has 1 aliphatic rings. The van der Waals surface area contributed by atoms with Crippen LogP contribution in [0.1, 0.15) is 35.7 Å². The molecule has 1 aromatic heterocycles. The van der Waals surface area contributed by atoms with E-state index in [2.05, 4.69) is 15.9 Å². The predicted molar refractivity (Wildman–Crippen MR) is 108 cm³/mol. The smallest absolute Gasteiger partial charge is 0.310 e. The average molecular weight is 426 g/mol. The van der Waals surface area contributed by atoms with E-state index in [0.29, 0.717) is 11.5 Å². The van der Waals surface area contributed by atoms with Crippen LogP contribution >= 0.6 is 15.9 Å². The number of aromatic nitrogens is 1. The maximum absolute atomic E-state index is 13.0. The molecule has 1 atom stereocenters. The number of ether oxygens (including phenoxy) is 1. The van der Waals surface area contributed by atoms with Crippen LogP contribution in [0.3, 0.4) is 0 Å². The normalized spacial score (nSPS) is 14.9. The van der Waals surface area contributed by atoms with E-state index in [0.717, 1.165) is 33.8 Å². The Kier molecular flexibility index (Phi) is 4.87. The van der Waals surface area contributed by atoms with E-state index in [-0.39, 0.29) is 24.4 Å². The lowest BCUT2D eigenvalue weighted by molar-refractivity contribution is -0.148. The minimum Gasteiger partial charge on any atom is -0.462 e. The molecule has 0 N–H and O–H groups in total. The lowest BCUT2D eigenvalue weighted by Crippen LogP contribution is -2.18. The summed E-state index contributed by atoms with van der Waals surface area (Å²) in [4.78, 5) is 25.3. The highest BCUT2D eigenvalue weighted by atomic mass is 79.9. The third-order valence-electron chi connectivity index (χ3n) is 5.04. The van der Waals surface area contributed by atoms with Gasteiger partial charge in [0.05, 0.1) is 11.9 Å². The van der Waals surface area contributed by atoms with Gasteiger partial charge in [-0.3, -0.25) is 14.2 Å². The van der Waals surface area contributed by atoms with Gasteiger partial charge in [-0.25, -0.2) is 0 Å². The largest absolute Gasteiger partial charge is 0.462 e. The summed E-state index contributed by atoms with van der Waals surface area (Å²) >= 11 is 3.39. The van der Waals surface area contributed by atoms with Gasteiger partial charge in [0.15, 0.2) is 0 Å². The Balaban J connectivity index is 1.63. The van der Waals surface area contributed by atoms with Gasteiger partial charge < -0.3 is 4.74 Å². The number of benzene rings is 2. The van der Waals surface area contributed by atoms with Crippen molar-refractivity contribution in [2.24, 2.45) is 5.92 Å². The highest BCUT2D eigenvalue weighted by molar-refractivity contribution is 9.10. The summed E-state index contributed by atoms with van der Waals surface area (Å²) in [5, 5.41) is 0.902. The van der Waals surface area contributed by atoms with Gasteiger partial charge in [0, 0.05) is 21.6 Å². The number of rotatable bonds is 5. The molecule has 1 unspecified atom stereocenters. The summed E-state index contributed by atoms with van der Waals surface area (Å²) in [5.41, 5.74) is 2.20. The van der Waals surface area contributed by atoms with Gasteiger partial charge in [-0.15, -0.1) is 0 Å². The second-order valence-electron chi connectivity index (χ2n) is 7.06. The molecule has 0 aliphatic heterocycles. The van der Waals surface area contributed by atoms with Crippen molar-refractivity contribution in [1.82, 2.24) is 4.57 Å². The Labute approximate surface area is 166 Å². The van der Waals surface area contributed by atoms with Gasteiger partial charge in [-0.1, -0.05) is 34.1 Å². The van der Waals surface area contributed by atoms with Gasteiger partial charge in [0.1, 0.15) is 6.10 Å². The molecule has 1 aliphatic carbocycles. The lowest BCUT2D eigenvalue weighted by atomic mass is 10.1. The van der Waals surface area contributed by atoms with Crippen molar-refractivity contribution in [1.29, 1.82) is 0 Å². The van der Waals surface area contributed by atoms with E-state index >= 15 is 0 Å². The van der Waals surface area contributed by atoms with Crippen LogP contribution in [0.15, 0.2) is 59.2 Å². The molecule has 0 radical (unpaired) electrons. The van der Waals surface area contributed by atoms with Crippen molar-refractivity contribution in [3.05, 3.63) is 70.3 Å². The summed E-state index contributed by atoms with van der Waals surface area (Å²) in [5.74, 6) is 0.146. The maximum atomic E-state index is 13.0. The molecule has 0 saturated heterocycles. The first-order chi connectivity index (χ1) is 13.0. The van der Waals surface area contributed by atoms with E-state index in [1.807, 2.05) is 43.3 Å². The van der Waals surface area contributed by atoms with Crippen LogP contribution < -0.4 is 0 Å². The number of esters is 1. The van der Waals surface area contributed by atoms with Crippen molar-refractivity contribution in [3.8, 4) is 0 Å². The molecule has 5 heteroatoms. The quantitative estimate of drug-likeness (QED) is 0.541. The molecule has 3 aromatic rings. The number of carbonyl (C=O) groups excluding carboxylic acids is 2. The first-order valence-electron chi connectivity index (χ1n) is 9.11. The molecule has 27 heavy (non-hydrogen) atoms. The van der Waals surface area contributed by atoms with E-state index in [4.69, 9.17) is 4.74 Å². The Morgan fingerprint density at radius 1 is 1.15 bits per heavy atom. The van der Waals surface area contributed by atoms with Crippen LogP contribution in [0.5, 0.6) is 0 Å². The molecule has 2 aromatic carbocycles. The average Bonchev–Trinajstić information content (AvgIpc) is 3.45. The zero-order chi connectivity index (χ0) is 19.0. The van der Waals surface area contributed by atoms with Crippen molar-refractivity contribution in [2.45, 2.75) is 32.3 Å². The summed E-state index contributed by atoms with van der Waals surface area (Å²) in [6.07, 6.45) is 4.16. The molecular weight excluding hydrogens is 406 g/mol. The zero-order valence-electron chi connectivity index (χ0n) is 15.0.